The largest absolute Gasteiger partial charge is 0.390 e. The monoisotopic (exact) mass is 222 g/mol. The fourth-order valence-electron chi connectivity index (χ4n) is 3.51. The van der Waals surface area contributed by atoms with Gasteiger partial charge in [0.05, 0.1) is 5.60 Å². The highest BCUT2D eigenvalue weighted by atomic mass is 16.3. The summed E-state index contributed by atoms with van der Waals surface area (Å²) in [7, 11) is 0. The zero-order valence-corrected chi connectivity index (χ0v) is 11.2. The van der Waals surface area contributed by atoms with Gasteiger partial charge in [0.25, 0.3) is 0 Å². The lowest BCUT2D eigenvalue weighted by Crippen LogP contribution is -2.31. The van der Waals surface area contributed by atoms with Gasteiger partial charge in [0, 0.05) is 0 Å². The molecule has 0 aromatic carbocycles. The third kappa shape index (κ3) is 2.20. The first-order valence-corrected chi connectivity index (χ1v) is 6.83. The van der Waals surface area contributed by atoms with Crippen molar-refractivity contribution in [1.82, 2.24) is 0 Å². The van der Waals surface area contributed by atoms with Crippen molar-refractivity contribution >= 4 is 0 Å². The van der Waals surface area contributed by atoms with Crippen LogP contribution in [0.3, 0.4) is 0 Å². The van der Waals surface area contributed by atoms with E-state index in [-0.39, 0.29) is 0 Å². The average Bonchev–Trinajstić information content (AvgIpc) is 2.42. The molecule has 0 bridgehead atoms. The van der Waals surface area contributed by atoms with Crippen LogP contribution in [0.4, 0.5) is 0 Å². The smallest absolute Gasteiger partial charge is 0.0622 e. The van der Waals surface area contributed by atoms with Gasteiger partial charge in [-0.3, -0.25) is 0 Å². The fourth-order valence-corrected chi connectivity index (χ4v) is 3.51. The molecule has 0 amide bonds. The molecule has 0 aromatic heterocycles. The zero-order valence-electron chi connectivity index (χ0n) is 11.2. The third-order valence-corrected chi connectivity index (χ3v) is 4.86. The molecule has 1 nitrogen and oxygen atoms in total. The van der Waals surface area contributed by atoms with Crippen LogP contribution >= 0.6 is 0 Å². The Kier molecular flexibility index (Phi) is 3.18. The first-order chi connectivity index (χ1) is 7.39. The van der Waals surface area contributed by atoms with E-state index >= 15 is 0 Å². The standard InChI is InChI=1S/C15H26O/c1-10-5-7-12(15(3,4)16)9-14-11(2)6-8-13(10)14/h10-12,16H,5-9H2,1-4H3/t10-,11+,12-/m1/s1. The SMILES string of the molecule is C[C@@H]1CC[C@@H](C(C)(C)O)CC2=C1CC[C@@H]2C. The molecule has 3 atom stereocenters. The van der Waals surface area contributed by atoms with E-state index in [1.54, 1.807) is 11.1 Å². The second kappa shape index (κ2) is 4.18. The fraction of sp³-hybridized carbons (Fsp3) is 0.867. The summed E-state index contributed by atoms with van der Waals surface area (Å²) in [6, 6.07) is 0. The lowest BCUT2D eigenvalue weighted by Gasteiger charge is -2.30. The molecule has 0 spiro atoms. The molecule has 0 unspecified atom stereocenters. The molecule has 1 N–H and O–H groups in total. The van der Waals surface area contributed by atoms with Crippen LogP contribution in [0.15, 0.2) is 11.1 Å². The van der Waals surface area contributed by atoms with Crippen molar-refractivity contribution in [3.05, 3.63) is 11.1 Å². The lowest BCUT2D eigenvalue weighted by molar-refractivity contribution is 0.0119. The Labute approximate surface area is 99.9 Å². The van der Waals surface area contributed by atoms with Crippen molar-refractivity contribution in [3.8, 4) is 0 Å². The Morgan fingerprint density at radius 1 is 1.00 bits per heavy atom. The maximum atomic E-state index is 10.2. The minimum absolute atomic E-state index is 0.461. The summed E-state index contributed by atoms with van der Waals surface area (Å²) in [4.78, 5) is 0. The minimum Gasteiger partial charge on any atom is -0.390 e. The van der Waals surface area contributed by atoms with Crippen LogP contribution in [0.5, 0.6) is 0 Å². The van der Waals surface area contributed by atoms with Gasteiger partial charge in [0.1, 0.15) is 0 Å². The van der Waals surface area contributed by atoms with E-state index in [2.05, 4.69) is 13.8 Å². The summed E-state index contributed by atoms with van der Waals surface area (Å²) in [6.07, 6.45) is 6.25. The van der Waals surface area contributed by atoms with E-state index in [4.69, 9.17) is 0 Å². The van der Waals surface area contributed by atoms with Gasteiger partial charge >= 0.3 is 0 Å². The van der Waals surface area contributed by atoms with Crippen molar-refractivity contribution in [2.45, 2.75) is 65.4 Å². The van der Waals surface area contributed by atoms with Crippen molar-refractivity contribution in [3.63, 3.8) is 0 Å². The molecule has 0 saturated heterocycles. The number of hydrogen-bond acceptors (Lipinski definition) is 1. The topological polar surface area (TPSA) is 20.2 Å². The molecule has 2 aliphatic rings. The molecule has 2 aliphatic carbocycles. The van der Waals surface area contributed by atoms with E-state index in [1.807, 2.05) is 13.8 Å². The van der Waals surface area contributed by atoms with Crippen LogP contribution in [0.25, 0.3) is 0 Å². The van der Waals surface area contributed by atoms with Crippen LogP contribution < -0.4 is 0 Å². The minimum atomic E-state index is -0.509. The summed E-state index contributed by atoms with van der Waals surface area (Å²) < 4.78 is 0. The van der Waals surface area contributed by atoms with Crippen molar-refractivity contribution in [2.75, 3.05) is 0 Å². The van der Waals surface area contributed by atoms with Gasteiger partial charge in [0.15, 0.2) is 0 Å². The molecule has 92 valence electrons. The van der Waals surface area contributed by atoms with Crippen molar-refractivity contribution in [1.29, 1.82) is 0 Å². The lowest BCUT2D eigenvalue weighted by atomic mass is 9.81. The Morgan fingerprint density at radius 2 is 1.62 bits per heavy atom. The van der Waals surface area contributed by atoms with Crippen LogP contribution in [0, 0.1) is 17.8 Å². The summed E-state index contributed by atoms with van der Waals surface area (Å²) in [5.41, 5.74) is 2.92. The maximum absolute atomic E-state index is 10.2. The van der Waals surface area contributed by atoms with Crippen LogP contribution in [-0.2, 0) is 0 Å². The predicted molar refractivity (Wildman–Crippen MR) is 68.2 cm³/mol. The molecule has 0 aromatic rings. The van der Waals surface area contributed by atoms with Crippen molar-refractivity contribution < 1.29 is 5.11 Å². The van der Waals surface area contributed by atoms with E-state index < -0.39 is 5.60 Å². The van der Waals surface area contributed by atoms with Gasteiger partial charge in [-0.25, -0.2) is 0 Å². The highest BCUT2D eigenvalue weighted by molar-refractivity contribution is 5.26. The first-order valence-electron chi connectivity index (χ1n) is 6.83. The molecule has 0 aliphatic heterocycles. The molecular formula is C15H26O. The number of aliphatic hydroxyl groups is 1. The number of allylic oxidation sites excluding steroid dienone is 2. The molecule has 0 heterocycles. The highest BCUT2D eigenvalue weighted by Crippen LogP contribution is 2.45. The number of hydrogen-bond donors (Lipinski definition) is 1. The van der Waals surface area contributed by atoms with Gasteiger partial charge in [-0.2, -0.15) is 0 Å². The Bertz CT molecular complexity index is 295. The van der Waals surface area contributed by atoms with Crippen LogP contribution in [0.2, 0.25) is 0 Å². The second-order valence-electron chi connectivity index (χ2n) is 6.52. The molecule has 0 saturated carbocycles. The van der Waals surface area contributed by atoms with E-state index in [0.717, 1.165) is 18.3 Å². The highest BCUT2D eigenvalue weighted by Gasteiger charge is 2.35. The third-order valence-electron chi connectivity index (χ3n) is 4.86. The van der Waals surface area contributed by atoms with Crippen LogP contribution in [0.1, 0.15) is 59.8 Å². The zero-order chi connectivity index (χ0) is 11.9. The quantitative estimate of drug-likeness (QED) is 0.667. The molecule has 1 heteroatoms. The van der Waals surface area contributed by atoms with E-state index in [0.29, 0.717) is 5.92 Å². The predicted octanol–water partition coefficient (Wildman–Crippen LogP) is 3.92. The van der Waals surface area contributed by atoms with Gasteiger partial charge in [-0.15, -0.1) is 0 Å². The average molecular weight is 222 g/mol. The normalized spacial score (nSPS) is 36.2. The van der Waals surface area contributed by atoms with E-state index in [1.165, 1.54) is 25.7 Å². The van der Waals surface area contributed by atoms with Gasteiger partial charge in [-0.1, -0.05) is 25.0 Å². The second-order valence-corrected chi connectivity index (χ2v) is 6.52. The van der Waals surface area contributed by atoms with Gasteiger partial charge in [-0.05, 0) is 63.7 Å². The summed E-state index contributed by atoms with van der Waals surface area (Å²) >= 11 is 0. The summed E-state index contributed by atoms with van der Waals surface area (Å²) in [6.45, 7) is 8.70. The molecule has 0 radical (unpaired) electrons. The van der Waals surface area contributed by atoms with Gasteiger partial charge in [0.2, 0.25) is 0 Å². The Hall–Kier alpha value is -0.300. The summed E-state index contributed by atoms with van der Waals surface area (Å²) in [5, 5.41) is 10.2. The van der Waals surface area contributed by atoms with Crippen molar-refractivity contribution in [2.24, 2.45) is 17.8 Å². The first kappa shape index (κ1) is 12.2. The van der Waals surface area contributed by atoms with Gasteiger partial charge < -0.3 is 5.11 Å². The summed E-state index contributed by atoms with van der Waals surface area (Å²) in [5.74, 6) is 1.98. The Morgan fingerprint density at radius 3 is 2.25 bits per heavy atom. The Balaban J connectivity index is 2.23. The van der Waals surface area contributed by atoms with Crippen LogP contribution in [-0.4, -0.2) is 10.7 Å². The molecular weight excluding hydrogens is 196 g/mol. The maximum Gasteiger partial charge on any atom is 0.0622 e. The van der Waals surface area contributed by atoms with E-state index in [9.17, 15) is 5.11 Å². The number of rotatable bonds is 1. The molecule has 0 fully saturated rings. The molecule has 16 heavy (non-hydrogen) atoms. The molecule has 2 rings (SSSR count).